The third-order valence-electron chi connectivity index (χ3n) is 12.5. The fourth-order valence-electron chi connectivity index (χ4n) is 10.3. The van der Waals surface area contributed by atoms with E-state index in [9.17, 15) is 10.5 Å². The topological polar surface area (TPSA) is 57.4 Å². The smallest absolute Gasteiger partial charge is 0.104 e. The summed E-state index contributed by atoms with van der Waals surface area (Å²) in [6.07, 6.45) is 0. The summed E-state index contributed by atoms with van der Waals surface area (Å²) in [4.78, 5) is 0. The first-order valence-electron chi connectivity index (χ1n) is 18.6. The molecule has 0 atom stereocenters. The van der Waals surface area contributed by atoms with Crippen molar-refractivity contribution in [3.05, 3.63) is 167 Å². The lowest BCUT2D eigenvalue weighted by molar-refractivity contribution is 0.666. The zero-order valence-corrected chi connectivity index (χ0v) is 30.5. The molecule has 0 saturated heterocycles. The Morgan fingerprint density at radius 1 is 0.444 bits per heavy atom. The van der Waals surface area contributed by atoms with Crippen LogP contribution < -0.4 is 0 Å². The number of benzene rings is 7. The summed E-state index contributed by atoms with van der Waals surface area (Å²) >= 11 is 0. The van der Waals surface area contributed by atoms with Crippen molar-refractivity contribution in [1.82, 2.24) is 9.13 Å². The Morgan fingerprint density at radius 2 is 0.870 bits per heavy atom. The van der Waals surface area contributed by atoms with Crippen LogP contribution >= 0.6 is 0 Å². The highest BCUT2D eigenvalue weighted by Gasteiger charge is 2.40. The second-order valence-corrected chi connectivity index (χ2v) is 15.9. The average molecular weight is 691 g/mol. The minimum Gasteiger partial charge on any atom is -0.308 e. The van der Waals surface area contributed by atoms with Gasteiger partial charge in [0.25, 0.3) is 0 Å². The van der Waals surface area contributed by atoms with E-state index in [4.69, 9.17) is 0 Å². The van der Waals surface area contributed by atoms with Crippen LogP contribution in [-0.4, -0.2) is 9.13 Å². The number of nitrogens with zero attached hydrogens (tertiary/aromatic N) is 4. The summed E-state index contributed by atoms with van der Waals surface area (Å²) in [7, 11) is 0. The first-order valence-corrected chi connectivity index (χ1v) is 18.6. The van der Waals surface area contributed by atoms with Gasteiger partial charge in [-0.3, -0.25) is 0 Å². The average Bonchev–Trinajstić information content (AvgIpc) is 3.86. The van der Waals surface area contributed by atoms with Crippen molar-refractivity contribution in [3.8, 4) is 45.8 Å². The highest BCUT2D eigenvalue weighted by atomic mass is 15.0. The molecular formula is C50H34N4. The van der Waals surface area contributed by atoms with E-state index in [2.05, 4.69) is 170 Å². The Balaban J connectivity index is 1.25. The molecule has 11 rings (SSSR count). The van der Waals surface area contributed by atoms with E-state index in [0.717, 1.165) is 32.8 Å². The van der Waals surface area contributed by atoms with E-state index in [0.29, 0.717) is 22.5 Å². The number of rotatable bonds is 2. The summed E-state index contributed by atoms with van der Waals surface area (Å²) < 4.78 is 4.44. The van der Waals surface area contributed by atoms with Crippen molar-refractivity contribution in [2.75, 3.05) is 0 Å². The van der Waals surface area contributed by atoms with Crippen LogP contribution in [-0.2, 0) is 10.8 Å². The van der Waals surface area contributed by atoms with Gasteiger partial charge < -0.3 is 9.13 Å². The van der Waals surface area contributed by atoms with E-state index >= 15 is 0 Å². The summed E-state index contributed by atoms with van der Waals surface area (Å²) in [6, 6.07) is 52.3. The van der Waals surface area contributed by atoms with Gasteiger partial charge in [0.1, 0.15) is 11.6 Å². The summed E-state index contributed by atoms with van der Waals surface area (Å²) in [5.74, 6) is 0. The molecule has 0 N–H and O–H groups in total. The van der Waals surface area contributed by atoms with Crippen molar-refractivity contribution >= 4 is 43.6 Å². The van der Waals surface area contributed by atoms with Crippen LogP contribution in [0.2, 0.25) is 0 Å². The van der Waals surface area contributed by atoms with Gasteiger partial charge in [-0.2, -0.15) is 10.5 Å². The molecule has 0 aliphatic heterocycles. The Labute approximate surface area is 313 Å². The van der Waals surface area contributed by atoms with Gasteiger partial charge in [-0.15, -0.1) is 0 Å². The molecule has 2 aliphatic carbocycles. The quantitative estimate of drug-likeness (QED) is 0.181. The lowest BCUT2D eigenvalue weighted by atomic mass is 9.80. The summed E-state index contributed by atoms with van der Waals surface area (Å²) in [5.41, 5.74) is 16.3. The molecule has 0 saturated carbocycles. The predicted octanol–water partition coefficient (Wildman–Crippen LogP) is 12.2. The molecule has 2 aromatic heterocycles. The molecule has 0 spiro atoms. The third kappa shape index (κ3) is 3.65. The molecule has 7 aromatic carbocycles. The van der Waals surface area contributed by atoms with Crippen LogP contribution in [0.3, 0.4) is 0 Å². The molecule has 254 valence electrons. The standard InChI is InChI=1S/C50H34N4/c1-49(2)37-17-9-5-13-30(37)32-21-23-41-45(47(32)49)34-15-7-11-19-39(34)53(41)43-25-29(27-51)26-44(36(43)28-52)54-40-20-12-8-16-35(40)46-42(54)24-22-33-31-14-6-10-18-38(31)50(3,4)48(33)46/h5-26H,1-4H3. The molecule has 0 amide bonds. The third-order valence-corrected chi connectivity index (χ3v) is 12.5. The van der Waals surface area contributed by atoms with E-state index in [1.165, 1.54) is 55.3 Å². The molecule has 0 unspecified atom stereocenters. The van der Waals surface area contributed by atoms with Crippen LogP contribution in [0.5, 0.6) is 0 Å². The van der Waals surface area contributed by atoms with Crippen LogP contribution in [0.15, 0.2) is 133 Å². The maximum atomic E-state index is 11.3. The van der Waals surface area contributed by atoms with Gasteiger partial charge in [0.15, 0.2) is 0 Å². The van der Waals surface area contributed by atoms with Crippen molar-refractivity contribution < 1.29 is 0 Å². The van der Waals surface area contributed by atoms with E-state index < -0.39 is 0 Å². The zero-order chi connectivity index (χ0) is 36.7. The first kappa shape index (κ1) is 30.7. The monoisotopic (exact) mass is 690 g/mol. The fraction of sp³-hybridized carbons (Fsp3) is 0.120. The fourth-order valence-corrected chi connectivity index (χ4v) is 10.3. The Kier molecular flexibility index (Phi) is 5.90. The Morgan fingerprint density at radius 3 is 1.31 bits per heavy atom. The lowest BCUT2D eigenvalue weighted by Crippen LogP contribution is -2.15. The van der Waals surface area contributed by atoms with E-state index in [-0.39, 0.29) is 10.8 Å². The summed E-state index contributed by atoms with van der Waals surface area (Å²) in [5, 5.41) is 26.6. The molecule has 2 aliphatic rings. The number of para-hydroxylation sites is 2. The van der Waals surface area contributed by atoms with Gasteiger partial charge in [-0.25, -0.2) is 0 Å². The van der Waals surface area contributed by atoms with Crippen molar-refractivity contribution in [3.63, 3.8) is 0 Å². The van der Waals surface area contributed by atoms with E-state index in [1.54, 1.807) is 0 Å². The van der Waals surface area contributed by atoms with Crippen molar-refractivity contribution in [2.24, 2.45) is 0 Å². The molecule has 4 heteroatoms. The van der Waals surface area contributed by atoms with Crippen molar-refractivity contribution in [2.45, 2.75) is 38.5 Å². The minimum atomic E-state index is -0.227. The molecule has 54 heavy (non-hydrogen) atoms. The van der Waals surface area contributed by atoms with Gasteiger partial charge in [0.2, 0.25) is 0 Å². The van der Waals surface area contributed by atoms with Gasteiger partial charge in [-0.05, 0) is 80.9 Å². The molecule has 0 fully saturated rings. The molecule has 0 bridgehead atoms. The zero-order valence-electron chi connectivity index (χ0n) is 30.5. The van der Waals surface area contributed by atoms with Crippen LogP contribution in [0.1, 0.15) is 61.1 Å². The second-order valence-electron chi connectivity index (χ2n) is 15.9. The van der Waals surface area contributed by atoms with Crippen LogP contribution in [0, 0.1) is 22.7 Å². The largest absolute Gasteiger partial charge is 0.308 e. The van der Waals surface area contributed by atoms with Crippen LogP contribution in [0.25, 0.3) is 77.2 Å². The molecule has 4 nitrogen and oxygen atoms in total. The van der Waals surface area contributed by atoms with Crippen LogP contribution in [0.4, 0.5) is 0 Å². The SMILES string of the molecule is CC1(C)c2ccccc2-c2ccc3c(c21)c1ccccc1n3-c1cc(C#N)cc(-n2c3ccccc3c3c4c(ccc32)-c2ccccc2C4(C)C)c1C#N. The number of hydrogen-bond acceptors (Lipinski definition) is 2. The van der Waals surface area contributed by atoms with Crippen molar-refractivity contribution in [1.29, 1.82) is 10.5 Å². The van der Waals surface area contributed by atoms with Gasteiger partial charge in [-0.1, -0.05) is 125 Å². The molecule has 0 radical (unpaired) electrons. The maximum absolute atomic E-state index is 11.3. The summed E-state index contributed by atoms with van der Waals surface area (Å²) in [6.45, 7) is 9.27. The normalized spacial score (nSPS) is 14.6. The van der Waals surface area contributed by atoms with Gasteiger partial charge in [0, 0.05) is 32.4 Å². The predicted molar refractivity (Wildman–Crippen MR) is 220 cm³/mol. The van der Waals surface area contributed by atoms with E-state index in [1.807, 2.05) is 12.1 Å². The second kappa shape index (κ2) is 10.4. The number of aromatic nitrogens is 2. The van der Waals surface area contributed by atoms with Gasteiger partial charge in [0.05, 0.1) is 45.1 Å². The highest BCUT2D eigenvalue weighted by Crippen LogP contribution is 2.55. The molecule has 9 aromatic rings. The number of nitriles is 2. The number of hydrogen-bond donors (Lipinski definition) is 0. The minimum absolute atomic E-state index is 0.227. The number of fused-ring (bicyclic) bond motifs is 14. The Bertz CT molecular complexity index is 3040. The Hall–Kier alpha value is -6.88. The van der Waals surface area contributed by atoms with Gasteiger partial charge >= 0.3 is 0 Å². The molecular weight excluding hydrogens is 657 g/mol. The first-order chi connectivity index (χ1) is 26.3. The lowest BCUT2D eigenvalue weighted by Gasteiger charge is -2.23. The molecule has 2 heterocycles. The maximum Gasteiger partial charge on any atom is 0.104 e. The highest BCUT2D eigenvalue weighted by molar-refractivity contribution is 6.16.